The van der Waals surface area contributed by atoms with Crippen molar-refractivity contribution < 1.29 is 13.2 Å². The minimum absolute atomic E-state index is 0.0911. The predicted octanol–water partition coefficient (Wildman–Crippen LogP) is 4.71. The summed E-state index contributed by atoms with van der Waals surface area (Å²) in [5.74, 6) is 0.788. The molecule has 1 aliphatic rings. The first-order chi connectivity index (χ1) is 15.7. The Morgan fingerprint density at radius 2 is 1.91 bits per heavy atom. The maximum Gasteiger partial charge on any atom is 0.271 e. The second-order valence-corrected chi connectivity index (χ2v) is 13.1. The summed E-state index contributed by atoms with van der Waals surface area (Å²) in [4.78, 5) is 12.9. The summed E-state index contributed by atoms with van der Waals surface area (Å²) in [6, 6.07) is 18.5. The zero-order chi connectivity index (χ0) is 23.5. The van der Waals surface area contributed by atoms with Gasteiger partial charge in [-0.2, -0.15) is 0 Å². The van der Waals surface area contributed by atoms with Crippen LogP contribution in [0, 0.1) is 0 Å². The van der Waals surface area contributed by atoms with E-state index in [4.69, 9.17) is 0 Å². The Kier molecular flexibility index (Phi) is 7.02. The van der Waals surface area contributed by atoms with Crippen LogP contribution in [0.1, 0.15) is 25.0 Å². The molecule has 1 unspecified atom stereocenters. The molecule has 9 heteroatoms. The van der Waals surface area contributed by atoms with Gasteiger partial charge in [-0.05, 0) is 42.5 Å². The molecule has 0 spiro atoms. The molecule has 0 saturated heterocycles. The highest BCUT2D eigenvalue weighted by Gasteiger charge is 2.31. The molecule has 174 valence electrons. The van der Waals surface area contributed by atoms with E-state index in [0.717, 1.165) is 22.7 Å². The molecule has 3 aromatic rings. The fraction of sp³-hybridized carbons (Fsp3) is 0.292. The number of fused-ring (bicyclic) bond motifs is 1. The van der Waals surface area contributed by atoms with Gasteiger partial charge in [-0.3, -0.25) is 9.52 Å². The van der Waals surface area contributed by atoms with Crippen LogP contribution in [-0.4, -0.2) is 31.7 Å². The second-order valence-electron chi connectivity index (χ2n) is 8.53. The van der Waals surface area contributed by atoms with E-state index in [0.29, 0.717) is 24.3 Å². The lowest BCUT2D eigenvalue weighted by Gasteiger charge is -2.25. The topological polar surface area (TPSA) is 87.3 Å². The number of amides is 1. The summed E-state index contributed by atoms with van der Waals surface area (Å²) >= 11 is 2.96. The summed E-state index contributed by atoms with van der Waals surface area (Å²) in [5.41, 5.74) is 3.29. The Balaban J connectivity index is 1.35. The van der Waals surface area contributed by atoms with E-state index in [-0.39, 0.29) is 14.9 Å². The molecule has 1 aromatic heterocycles. The molecule has 0 radical (unpaired) electrons. The van der Waals surface area contributed by atoms with E-state index >= 15 is 0 Å². The Hall–Kier alpha value is -2.49. The lowest BCUT2D eigenvalue weighted by Crippen LogP contribution is -2.43. The van der Waals surface area contributed by atoms with Crippen molar-refractivity contribution in [2.45, 2.75) is 41.0 Å². The molecule has 33 heavy (non-hydrogen) atoms. The van der Waals surface area contributed by atoms with Crippen molar-refractivity contribution in [3.05, 3.63) is 77.2 Å². The Morgan fingerprint density at radius 1 is 1.12 bits per heavy atom. The van der Waals surface area contributed by atoms with Gasteiger partial charge in [0.25, 0.3) is 10.0 Å². The molecule has 1 atom stereocenters. The molecule has 6 nitrogen and oxygen atoms in total. The normalized spacial score (nSPS) is 15.5. The van der Waals surface area contributed by atoms with E-state index in [2.05, 4.69) is 41.3 Å². The number of sulfonamides is 1. The van der Waals surface area contributed by atoms with Gasteiger partial charge < -0.3 is 10.6 Å². The second kappa shape index (κ2) is 9.79. The highest BCUT2D eigenvalue weighted by Crippen LogP contribution is 2.35. The highest BCUT2D eigenvalue weighted by atomic mass is 32.2. The van der Waals surface area contributed by atoms with Gasteiger partial charge in [0.1, 0.15) is 10.3 Å². The van der Waals surface area contributed by atoms with Gasteiger partial charge in [0.05, 0.1) is 11.4 Å². The van der Waals surface area contributed by atoms with Gasteiger partial charge in [-0.25, -0.2) is 8.42 Å². The first kappa shape index (κ1) is 23.7. The van der Waals surface area contributed by atoms with Crippen LogP contribution in [0.5, 0.6) is 0 Å². The average Bonchev–Trinajstić information content (AvgIpc) is 3.48. The number of thiophene rings is 1. The third kappa shape index (κ3) is 5.90. The molecule has 0 fully saturated rings. The van der Waals surface area contributed by atoms with Crippen molar-refractivity contribution in [3.8, 4) is 0 Å². The van der Waals surface area contributed by atoms with Crippen LogP contribution in [0.25, 0.3) is 0 Å². The van der Waals surface area contributed by atoms with Gasteiger partial charge in [-0.1, -0.05) is 48.5 Å². The van der Waals surface area contributed by atoms with Gasteiger partial charge >= 0.3 is 0 Å². The van der Waals surface area contributed by atoms with Crippen LogP contribution < -0.4 is 15.4 Å². The summed E-state index contributed by atoms with van der Waals surface area (Å²) in [6.07, 6.45) is 0.507. The number of nitrogens with one attached hydrogen (secondary N) is 3. The molecule has 2 aromatic carbocycles. The van der Waals surface area contributed by atoms with Crippen molar-refractivity contribution in [1.29, 1.82) is 0 Å². The van der Waals surface area contributed by atoms with E-state index in [1.165, 1.54) is 5.56 Å². The number of hydrogen-bond donors (Lipinski definition) is 3. The number of rotatable bonds is 9. The molecule has 2 heterocycles. The number of carbonyl (C=O) groups excluding carboxylic acids is 1. The number of carbonyl (C=O) groups is 1. The molecular formula is C24H27N3O3S3. The van der Waals surface area contributed by atoms with Crippen molar-refractivity contribution in [2.75, 3.05) is 16.6 Å². The largest absolute Gasteiger partial charge is 0.371 e. The summed E-state index contributed by atoms with van der Waals surface area (Å²) in [7, 11) is -3.66. The van der Waals surface area contributed by atoms with Crippen LogP contribution in [-0.2, 0) is 27.0 Å². The predicted molar refractivity (Wildman–Crippen MR) is 138 cm³/mol. The van der Waals surface area contributed by atoms with E-state index in [1.54, 1.807) is 41.4 Å². The molecule has 1 aliphatic heterocycles. The minimum Gasteiger partial charge on any atom is -0.371 e. The third-order valence-corrected chi connectivity index (χ3v) is 9.54. The molecule has 3 N–H and O–H groups in total. The van der Waals surface area contributed by atoms with Crippen LogP contribution in [0.3, 0.4) is 0 Å². The molecule has 0 bridgehead atoms. The molecular weight excluding hydrogens is 474 g/mol. The van der Waals surface area contributed by atoms with Crippen molar-refractivity contribution in [2.24, 2.45) is 0 Å². The quantitative estimate of drug-likeness (QED) is 0.395. The van der Waals surface area contributed by atoms with Crippen molar-refractivity contribution in [1.82, 2.24) is 5.32 Å². The molecule has 0 aliphatic carbocycles. The minimum atomic E-state index is -3.66. The lowest BCUT2D eigenvalue weighted by molar-refractivity contribution is -0.121. The Bertz CT molecular complexity index is 1210. The number of para-hydroxylation sites is 1. The molecule has 4 rings (SSSR count). The maximum absolute atomic E-state index is 12.9. The summed E-state index contributed by atoms with van der Waals surface area (Å²) in [5, 5.41) is 8.01. The SMILES string of the molecule is CC(C)(CNC(=O)C1Cc2cccc(NS(=O)(=O)c3cccs3)c2N1)SCc1ccccc1. The van der Waals surface area contributed by atoms with Gasteiger partial charge in [-0.15, -0.1) is 23.1 Å². The zero-order valence-corrected chi connectivity index (χ0v) is 20.9. The van der Waals surface area contributed by atoms with Crippen LogP contribution >= 0.6 is 23.1 Å². The monoisotopic (exact) mass is 501 g/mol. The van der Waals surface area contributed by atoms with Gasteiger partial charge in [0.2, 0.25) is 5.91 Å². The first-order valence-corrected chi connectivity index (χ1v) is 14.0. The van der Waals surface area contributed by atoms with Crippen LogP contribution in [0.15, 0.2) is 70.3 Å². The van der Waals surface area contributed by atoms with E-state index in [1.807, 2.05) is 24.3 Å². The Labute approximate surface area is 203 Å². The van der Waals surface area contributed by atoms with E-state index < -0.39 is 16.1 Å². The number of anilines is 2. The van der Waals surface area contributed by atoms with E-state index in [9.17, 15) is 13.2 Å². The number of benzene rings is 2. The van der Waals surface area contributed by atoms with Crippen LogP contribution in [0.2, 0.25) is 0 Å². The summed E-state index contributed by atoms with van der Waals surface area (Å²) in [6.45, 7) is 4.78. The van der Waals surface area contributed by atoms with Crippen molar-refractivity contribution in [3.63, 3.8) is 0 Å². The van der Waals surface area contributed by atoms with Gasteiger partial charge in [0.15, 0.2) is 0 Å². The molecule has 0 saturated carbocycles. The fourth-order valence-electron chi connectivity index (χ4n) is 3.57. The highest BCUT2D eigenvalue weighted by molar-refractivity contribution is 7.99. The fourth-order valence-corrected chi connectivity index (χ4v) is 6.56. The summed E-state index contributed by atoms with van der Waals surface area (Å²) < 4.78 is 28.1. The zero-order valence-electron chi connectivity index (χ0n) is 18.5. The smallest absolute Gasteiger partial charge is 0.271 e. The van der Waals surface area contributed by atoms with Crippen molar-refractivity contribution >= 4 is 50.4 Å². The standard InChI is InChI=1S/C24H27N3O3S3/c1-24(2,32-15-17-8-4-3-5-9-17)16-25-23(28)20-14-18-10-6-11-19(22(18)26-20)27-33(29,30)21-12-7-13-31-21/h3-13,20,26-27H,14-16H2,1-2H3,(H,25,28). The first-order valence-electron chi connectivity index (χ1n) is 10.6. The maximum atomic E-state index is 12.9. The lowest BCUT2D eigenvalue weighted by atomic mass is 10.1. The number of hydrogen-bond acceptors (Lipinski definition) is 6. The Morgan fingerprint density at radius 3 is 2.64 bits per heavy atom. The number of thioether (sulfide) groups is 1. The average molecular weight is 502 g/mol. The van der Waals surface area contributed by atoms with Crippen LogP contribution in [0.4, 0.5) is 11.4 Å². The third-order valence-electron chi connectivity index (χ3n) is 5.37. The van der Waals surface area contributed by atoms with Gasteiger partial charge in [0, 0.05) is 23.5 Å². The molecule has 1 amide bonds.